The van der Waals surface area contributed by atoms with Crippen LogP contribution in [0, 0.1) is 10.1 Å². The second-order valence-electron chi connectivity index (χ2n) is 7.71. The number of nitrogens with one attached hydrogen (secondary N) is 1. The number of amides is 1. The Morgan fingerprint density at radius 2 is 1.94 bits per heavy atom. The maximum atomic E-state index is 13.3. The molecule has 3 aromatic rings. The molecule has 2 aromatic carbocycles. The molecule has 0 spiro atoms. The highest BCUT2D eigenvalue weighted by molar-refractivity contribution is 6.30. The highest BCUT2D eigenvalue weighted by Gasteiger charge is 2.43. The summed E-state index contributed by atoms with van der Waals surface area (Å²) in [6.07, 6.45) is 1.84. The number of nitro groups is 1. The third-order valence-electron chi connectivity index (χ3n) is 5.83. The Labute approximate surface area is 182 Å². The number of halogens is 1. The zero-order valence-corrected chi connectivity index (χ0v) is 17.2. The third-order valence-corrected chi connectivity index (χ3v) is 6.08. The van der Waals surface area contributed by atoms with Crippen molar-refractivity contribution in [2.75, 3.05) is 13.2 Å². The molecule has 1 fully saturated rings. The molecule has 3 heterocycles. The summed E-state index contributed by atoms with van der Waals surface area (Å²) >= 11 is 6.04. The van der Waals surface area contributed by atoms with Crippen molar-refractivity contribution in [3.8, 4) is 11.3 Å². The van der Waals surface area contributed by atoms with E-state index in [0.717, 1.165) is 29.5 Å². The summed E-state index contributed by atoms with van der Waals surface area (Å²) in [5, 5.41) is 19.0. The van der Waals surface area contributed by atoms with Gasteiger partial charge in [-0.05, 0) is 42.7 Å². The maximum Gasteiger partial charge on any atom is 0.273 e. The van der Waals surface area contributed by atoms with Gasteiger partial charge in [0.2, 0.25) is 0 Å². The fourth-order valence-electron chi connectivity index (χ4n) is 4.35. The zero-order valence-electron chi connectivity index (χ0n) is 16.5. The van der Waals surface area contributed by atoms with Crippen LogP contribution in [0.1, 0.15) is 40.5 Å². The van der Waals surface area contributed by atoms with Crippen molar-refractivity contribution >= 4 is 23.2 Å². The molecule has 1 aromatic heterocycles. The number of hydrogen-bond acceptors (Lipinski definition) is 5. The minimum absolute atomic E-state index is 0.00379. The molecule has 1 saturated heterocycles. The van der Waals surface area contributed by atoms with E-state index >= 15 is 0 Å². The van der Waals surface area contributed by atoms with Gasteiger partial charge in [0.05, 0.1) is 22.8 Å². The minimum Gasteiger partial charge on any atom is -0.376 e. The maximum absolute atomic E-state index is 13.3. The highest BCUT2D eigenvalue weighted by atomic mass is 35.5. The first-order valence-corrected chi connectivity index (χ1v) is 10.4. The van der Waals surface area contributed by atoms with Crippen molar-refractivity contribution in [3.05, 3.63) is 80.5 Å². The number of H-pyrrole nitrogens is 1. The van der Waals surface area contributed by atoms with Gasteiger partial charge in [0.25, 0.3) is 11.6 Å². The van der Waals surface area contributed by atoms with Gasteiger partial charge in [0, 0.05) is 41.4 Å². The van der Waals surface area contributed by atoms with Gasteiger partial charge >= 0.3 is 0 Å². The van der Waals surface area contributed by atoms with E-state index in [0.29, 0.717) is 29.6 Å². The molecule has 1 amide bonds. The fourth-order valence-corrected chi connectivity index (χ4v) is 4.47. The first kappa shape index (κ1) is 19.7. The summed E-state index contributed by atoms with van der Waals surface area (Å²) in [7, 11) is 0. The molecule has 31 heavy (non-hydrogen) atoms. The van der Waals surface area contributed by atoms with Crippen LogP contribution in [0.15, 0.2) is 48.5 Å². The van der Waals surface area contributed by atoms with Crippen molar-refractivity contribution in [2.24, 2.45) is 0 Å². The second-order valence-corrected chi connectivity index (χ2v) is 8.15. The van der Waals surface area contributed by atoms with Crippen molar-refractivity contribution in [3.63, 3.8) is 0 Å². The van der Waals surface area contributed by atoms with Crippen LogP contribution in [0.4, 0.5) is 5.69 Å². The lowest BCUT2D eigenvalue weighted by Gasteiger charge is -2.28. The lowest BCUT2D eigenvalue weighted by atomic mass is 9.95. The Kier molecular flexibility index (Phi) is 4.95. The van der Waals surface area contributed by atoms with E-state index in [1.807, 2.05) is 12.1 Å². The lowest BCUT2D eigenvalue weighted by Crippen LogP contribution is -2.36. The van der Waals surface area contributed by atoms with Gasteiger partial charge in [-0.15, -0.1) is 0 Å². The summed E-state index contributed by atoms with van der Waals surface area (Å²) in [5.41, 5.74) is 3.49. The third kappa shape index (κ3) is 3.47. The van der Waals surface area contributed by atoms with Gasteiger partial charge in [-0.25, -0.2) is 0 Å². The lowest BCUT2D eigenvalue weighted by molar-refractivity contribution is -0.384. The molecule has 8 nitrogen and oxygen atoms in total. The number of nitrogens with zero attached hydrogens (tertiary/aromatic N) is 3. The molecule has 5 rings (SSSR count). The first-order valence-electron chi connectivity index (χ1n) is 10.0. The van der Waals surface area contributed by atoms with Crippen molar-refractivity contribution in [2.45, 2.75) is 25.0 Å². The number of carbonyl (C=O) groups is 1. The summed E-state index contributed by atoms with van der Waals surface area (Å²) in [5.74, 6) is -0.151. The van der Waals surface area contributed by atoms with Crippen LogP contribution in [0.25, 0.3) is 11.3 Å². The molecule has 9 heteroatoms. The number of nitro benzene ring substituents is 1. The predicted molar refractivity (Wildman–Crippen MR) is 114 cm³/mol. The Bertz CT molecular complexity index is 1140. The van der Waals surface area contributed by atoms with E-state index in [-0.39, 0.29) is 17.7 Å². The molecular weight excluding hydrogens is 420 g/mol. The molecule has 0 radical (unpaired) electrons. The van der Waals surface area contributed by atoms with Crippen LogP contribution in [0.2, 0.25) is 5.02 Å². The van der Waals surface area contributed by atoms with Crippen LogP contribution in [-0.4, -0.2) is 45.2 Å². The van der Waals surface area contributed by atoms with E-state index in [2.05, 4.69) is 10.2 Å². The van der Waals surface area contributed by atoms with Crippen LogP contribution in [0.5, 0.6) is 0 Å². The number of hydrogen-bond donors (Lipinski definition) is 1. The number of aromatic amines is 1. The Morgan fingerprint density at radius 1 is 1.19 bits per heavy atom. The molecule has 2 aliphatic rings. The molecule has 158 valence electrons. The largest absolute Gasteiger partial charge is 0.376 e. The number of carbonyl (C=O) groups excluding carboxylic acids is 1. The summed E-state index contributed by atoms with van der Waals surface area (Å²) in [6.45, 7) is 1.14. The van der Waals surface area contributed by atoms with Crippen LogP contribution >= 0.6 is 11.6 Å². The monoisotopic (exact) mass is 438 g/mol. The second kappa shape index (κ2) is 7.79. The van der Waals surface area contributed by atoms with Crippen molar-refractivity contribution < 1.29 is 14.5 Å². The van der Waals surface area contributed by atoms with Gasteiger partial charge in [0.15, 0.2) is 0 Å². The first-order chi connectivity index (χ1) is 15.0. The van der Waals surface area contributed by atoms with E-state index in [1.165, 1.54) is 12.1 Å². The topological polar surface area (TPSA) is 101 Å². The van der Waals surface area contributed by atoms with Crippen molar-refractivity contribution in [1.82, 2.24) is 15.1 Å². The number of benzene rings is 2. The van der Waals surface area contributed by atoms with E-state index < -0.39 is 11.0 Å². The predicted octanol–water partition coefficient (Wildman–Crippen LogP) is 4.36. The van der Waals surface area contributed by atoms with E-state index in [4.69, 9.17) is 16.3 Å². The Hall–Kier alpha value is -3.23. The molecule has 0 saturated carbocycles. The quantitative estimate of drug-likeness (QED) is 0.471. The van der Waals surface area contributed by atoms with E-state index in [1.54, 1.807) is 29.2 Å². The van der Waals surface area contributed by atoms with Gasteiger partial charge in [-0.3, -0.25) is 20.0 Å². The summed E-state index contributed by atoms with van der Waals surface area (Å²) < 4.78 is 5.78. The smallest absolute Gasteiger partial charge is 0.273 e. The number of non-ortho nitro benzene ring substituents is 1. The van der Waals surface area contributed by atoms with Gasteiger partial charge in [-0.2, -0.15) is 5.10 Å². The zero-order chi connectivity index (χ0) is 21.5. The van der Waals surface area contributed by atoms with Gasteiger partial charge in [0.1, 0.15) is 5.69 Å². The summed E-state index contributed by atoms with van der Waals surface area (Å²) in [4.78, 5) is 25.8. The average Bonchev–Trinajstić information content (AvgIpc) is 3.49. The van der Waals surface area contributed by atoms with Crippen LogP contribution in [-0.2, 0) is 4.74 Å². The minimum atomic E-state index is -0.434. The molecule has 2 atom stereocenters. The highest BCUT2D eigenvalue weighted by Crippen LogP contribution is 2.43. The Balaban J connectivity index is 1.60. The van der Waals surface area contributed by atoms with Gasteiger partial charge in [-0.1, -0.05) is 23.7 Å². The molecule has 0 aliphatic carbocycles. The summed E-state index contributed by atoms with van der Waals surface area (Å²) in [6, 6.07) is 13.2. The number of aromatic nitrogens is 2. The number of rotatable bonds is 5. The molecule has 0 bridgehead atoms. The molecule has 2 unspecified atom stereocenters. The molecule has 2 aliphatic heterocycles. The van der Waals surface area contributed by atoms with Gasteiger partial charge < -0.3 is 9.64 Å². The fraction of sp³-hybridized carbons (Fsp3) is 0.273. The van der Waals surface area contributed by atoms with Crippen LogP contribution in [0.3, 0.4) is 0 Å². The Morgan fingerprint density at radius 3 is 2.58 bits per heavy atom. The number of ether oxygens (including phenoxy) is 1. The van der Waals surface area contributed by atoms with Crippen molar-refractivity contribution in [1.29, 1.82) is 0 Å². The number of fused-ring (bicyclic) bond motifs is 1. The molecular formula is C22H19ClN4O4. The average molecular weight is 439 g/mol. The molecule has 1 N–H and O–H groups in total. The normalized spacial score (nSPS) is 20.3. The standard InChI is InChI=1S/C22H19ClN4O4/c23-15-7-3-13(4-8-15)19-18-20(25-24-19)22(28)26(12-17-2-1-11-31-17)21(18)14-5-9-16(10-6-14)27(29)30/h3-10,17,21H,1-2,11-12H2,(H,24,25). The SMILES string of the molecule is O=C1c2[nH]nc(-c3ccc(Cl)cc3)c2C(c2ccc([N+](=O)[O-])cc2)N1CC1CCCO1. The van der Waals surface area contributed by atoms with E-state index in [9.17, 15) is 14.9 Å². The van der Waals surface area contributed by atoms with Crippen LogP contribution < -0.4 is 0 Å².